The first-order valence-corrected chi connectivity index (χ1v) is 9.33. The van der Waals surface area contributed by atoms with Gasteiger partial charge in [0.05, 0.1) is 17.1 Å². The third-order valence-corrected chi connectivity index (χ3v) is 5.12. The lowest BCUT2D eigenvalue weighted by Gasteiger charge is -2.01. The van der Waals surface area contributed by atoms with E-state index in [2.05, 4.69) is 17.4 Å². The molecule has 1 fully saturated rings. The lowest BCUT2D eigenvalue weighted by molar-refractivity contribution is -0.115. The molecule has 1 amide bonds. The lowest BCUT2D eigenvalue weighted by Crippen LogP contribution is -2.17. The van der Waals surface area contributed by atoms with Gasteiger partial charge in [-0.05, 0) is 11.6 Å². The van der Waals surface area contributed by atoms with Gasteiger partial charge < -0.3 is 5.32 Å². The molecule has 128 valence electrons. The van der Waals surface area contributed by atoms with E-state index in [0.29, 0.717) is 15.8 Å². The fourth-order valence-corrected chi connectivity index (χ4v) is 3.81. The van der Waals surface area contributed by atoms with Gasteiger partial charge in [-0.3, -0.25) is 9.48 Å². The van der Waals surface area contributed by atoms with Crippen molar-refractivity contribution in [2.75, 3.05) is 0 Å². The zero-order chi connectivity index (χ0) is 17.9. The average molecular weight is 377 g/mol. The number of amides is 1. The maximum absolute atomic E-state index is 12.0. The molecule has 26 heavy (non-hydrogen) atoms. The summed E-state index contributed by atoms with van der Waals surface area (Å²) in [6, 6.07) is 20.1. The van der Waals surface area contributed by atoms with Crippen molar-refractivity contribution in [2.45, 2.75) is 6.54 Å². The Hall–Kier alpha value is -2.70. The van der Waals surface area contributed by atoms with E-state index in [0.717, 1.165) is 16.8 Å². The zero-order valence-corrected chi connectivity index (χ0v) is 15.4. The van der Waals surface area contributed by atoms with Crippen LogP contribution in [0.3, 0.4) is 0 Å². The molecule has 0 atom stereocenters. The van der Waals surface area contributed by atoms with Crippen LogP contribution in [0.4, 0.5) is 0 Å². The monoisotopic (exact) mass is 377 g/mol. The number of carbonyl (C=O) groups is 1. The summed E-state index contributed by atoms with van der Waals surface area (Å²) in [4.78, 5) is 12.6. The summed E-state index contributed by atoms with van der Waals surface area (Å²) in [5, 5.41) is 7.41. The summed E-state index contributed by atoms with van der Waals surface area (Å²) in [6.07, 6.45) is 3.83. The molecule has 1 aromatic heterocycles. The Morgan fingerprint density at radius 3 is 2.42 bits per heavy atom. The van der Waals surface area contributed by atoms with Gasteiger partial charge >= 0.3 is 0 Å². The molecule has 1 N–H and O–H groups in total. The Kier molecular flexibility index (Phi) is 4.69. The van der Waals surface area contributed by atoms with E-state index in [4.69, 9.17) is 17.3 Å². The SMILES string of the molecule is O=C1NC(=S)S/C1=C\c1cn(Cc2ccccc2)nc1-c1ccccc1. The van der Waals surface area contributed by atoms with Gasteiger partial charge in [0.25, 0.3) is 5.91 Å². The Morgan fingerprint density at radius 1 is 1.08 bits per heavy atom. The van der Waals surface area contributed by atoms with Crippen LogP contribution in [0.25, 0.3) is 17.3 Å². The molecular weight excluding hydrogens is 362 g/mol. The number of rotatable bonds is 4. The molecule has 0 spiro atoms. The second kappa shape index (κ2) is 7.27. The second-order valence-corrected chi connectivity index (χ2v) is 7.55. The largest absolute Gasteiger partial charge is 0.307 e. The van der Waals surface area contributed by atoms with Crippen molar-refractivity contribution in [3.8, 4) is 11.3 Å². The standard InChI is InChI=1S/C20H15N3OS2/c24-19-17(26-20(25)21-19)11-16-13-23(12-14-7-3-1-4-8-14)22-18(16)15-9-5-2-6-10-15/h1-11,13H,12H2,(H,21,24,25)/b17-11-. The minimum absolute atomic E-state index is 0.158. The lowest BCUT2D eigenvalue weighted by atomic mass is 10.1. The van der Waals surface area contributed by atoms with Gasteiger partial charge in [0.1, 0.15) is 4.32 Å². The van der Waals surface area contributed by atoms with Gasteiger partial charge in [-0.2, -0.15) is 5.10 Å². The quantitative estimate of drug-likeness (QED) is 0.550. The molecular formula is C20H15N3OS2. The summed E-state index contributed by atoms with van der Waals surface area (Å²) < 4.78 is 2.39. The fourth-order valence-electron chi connectivity index (χ4n) is 2.78. The van der Waals surface area contributed by atoms with Crippen LogP contribution in [0.2, 0.25) is 0 Å². The number of hydrogen-bond donors (Lipinski definition) is 1. The van der Waals surface area contributed by atoms with Crippen molar-refractivity contribution < 1.29 is 4.79 Å². The predicted molar refractivity (Wildman–Crippen MR) is 110 cm³/mol. The highest BCUT2D eigenvalue weighted by atomic mass is 32.2. The maximum Gasteiger partial charge on any atom is 0.263 e. The number of nitrogens with one attached hydrogen (secondary N) is 1. The van der Waals surface area contributed by atoms with Crippen LogP contribution >= 0.6 is 24.0 Å². The normalized spacial score (nSPS) is 15.5. The van der Waals surface area contributed by atoms with E-state index in [1.807, 2.05) is 65.5 Å². The van der Waals surface area contributed by atoms with E-state index < -0.39 is 0 Å². The van der Waals surface area contributed by atoms with Crippen molar-refractivity contribution in [1.82, 2.24) is 15.1 Å². The first kappa shape index (κ1) is 16.8. The summed E-state index contributed by atoms with van der Waals surface area (Å²) in [6.45, 7) is 0.668. The number of thioether (sulfide) groups is 1. The average Bonchev–Trinajstić information content (AvgIpc) is 3.19. The molecule has 3 aromatic rings. The summed E-state index contributed by atoms with van der Waals surface area (Å²) in [5.41, 5.74) is 3.93. The Morgan fingerprint density at radius 2 is 1.77 bits per heavy atom. The third-order valence-electron chi connectivity index (χ3n) is 3.95. The van der Waals surface area contributed by atoms with Crippen LogP contribution in [0.1, 0.15) is 11.1 Å². The molecule has 4 rings (SSSR count). The second-order valence-electron chi connectivity index (χ2n) is 5.83. The van der Waals surface area contributed by atoms with Gasteiger partial charge in [-0.1, -0.05) is 84.6 Å². The molecule has 1 aliphatic heterocycles. The molecule has 0 radical (unpaired) electrons. The highest BCUT2D eigenvalue weighted by molar-refractivity contribution is 8.26. The van der Waals surface area contributed by atoms with Gasteiger partial charge in [0.2, 0.25) is 0 Å². The molecule has 6 heteroatoms. The Balaban J connectivity index is 1.75. The molecule has 4 nitrogen and oxygen atoms in total. The predicted octanol–water partition coefficient (Wildman–Crippen LogP) is 4.09. The topological polar surface area (TPSA) is 46.9 Å². The molecule has 2 heterocycles. The number of aromatic nitrogens is 2. The van der Waals surface area contributed by atoms with E-state index in [1.54, 1.807) is 0 Å². The summed E-state index contributed by atoms with van der Waals surface area (Å²) in [5.74, 6) is -0.158. The van der Waals surface area contributed by atoms with Crippen molar-refractivity contribution in [2.24, 2.45) is 0 Å². The Bertz CT molecular complexity index is 994. The molecule has 1 saturated heterocycles. The zero-order valence-electron chi connectivity index (χ0n) is 13.8. The number of hydrogen-bond acceptors (Lipinski definition) is 4. The molecule has 1 aliphatic rings. The number of carbonyl (C=O) groups excluding carboxylic acids is 1. The fraction of sp³-hybridized carbons (Fsp3) is 0.0500. The van der Waals surface area contributed by atoms with Gasteiger partial charge in [-0.15, -0.1) is 0 Å². The van der Waals surface area contributed by atoms with E-state index in [9.17, 15) is 4.79 Å². The number of benzene rings is 2. The molecule has 0 bridgehead atoms. The summed E-state index contributed by atoms with van der Waals surface area (Å²) >= 11 is 6.36. The molecule has 2 aromatic carbocycles. The number of nitrogens with zero attached hydrogens (tertiary/aromatic N) is 2. The highest BCUT2D eigenvalue weighted by Crippen LogP contribution is 2.30. The smallest absolute Gasteiger partial charge is 0.263 e. The first-order valence-electron chi connectivity index (χ1n) is 8.11. The van der Waals surface area contributed by atoms with E-state index >= 15 is 0 Å². The van der Waals surface area contributed by atoms with Crippen LogP contribution in [-0.2, 0) is 11.3 Å². The molecule has 0 saturated carbocycles. The minimum atomic E-state index is -0.158. The highest BCUT2D eigenvalue weighted by Gasteiger charge is 2.23. The van der Waals surface area contributed by atoms with Crippen molar-refractivity contribution in [1.29, 1.82) is 0 Å². The van der Waals surface area contributed by atoms with Crippen molar-refractivity contribution >= 4 is 40.3 Å². The van der Waals surface area contributed by atoms with Crippen LogP contribution in [0.15, 0.2) is 71.8 Å². The minimum Gasteiger partial charge on any atom is -0.307 e. The van der Waals surface area contributed by atoms with Crippen molar-refractivity contribution in [3.63, 3.8) is 0 Å². The van der Waals surface area contributed by atoms with Gasteiger partial charge in [0, 0.05) is 17.3 Å². The van der Waals surface area contributed by atoms with E-state index in [1.165, 1.54) is 17.3 Å². The van der Waals surface area contributed by atoms with Crippen LogP contribution in [-0.4, -0.2) is 20.0 Å². The molecule has 0 unspecified atom stereocenters. The van der Waals surface area contributed by atoms with Crippen molar-refractivity contribution in [3.05, 3.63) is 82.9 Å². The van der Waals surface area contributed by atoms with Gasteiger partial charge in [0.15, 0.2) is 0 Å². The van der Waals surface area contributed by atoms with Crippen LogP contribution < -0.4 is 5.32 Å². The number of thiocarbonyl (C=S) groups is 1. The Labute approximate surface area is 160 Å². The summed E-state index contributed by atoms with van der Waals surface area (Å²) in [7, 11) is 0. The van der Waals surface area contributed by atoms with Crippen LogP contribution in [0, 0.1) is 0 Å². The van der Waals surface area contributed by atoms with E-state index in [-0.39, 0.29) is 5.91 Å². The first-order chi connectivity index (χ1) is 12.7. The third kappa shape index (κ3) is 3.61. The molecule has 0 aliphatic carbocycles. The van der Waals surface area contributed by atoms with Gasteiger partial charge in [-0.25, -0.2) is 0 Å². The maximum atomic E-state index is 12.0. The van der Waals surface area contributed by atoms with Crippen LogP contribution in [0.5, 0.6) is 0 Å².